The fraction of sp³-hybridized carbons (Fsp3) is 0.360. The highest BCUT2D eigenvalue weighted by atomic mass is 19.1. The molecule has 0 spiro atoms. The first-order valence-electron chi connectivity index (χ1n) is 10.3. The number of amides is 1. The molecular formula is C25H35FN4O2. The summed E-state index contributed by atoms with van der Waals surface area (Å²) in [6.45, 7) is 12.8. The molecule has 7 heteroatoms. The third-order valence-corrected chi connectivity index (χ3v) is 4.46. The molecule has 2 N–H and O–H groups in total. The van der Waals surface area contributed by atoms with Crippen LogP contribution < -0.4 is 5.73 Å². The maximum absolute atomic E-state index is 13.5. The van der Waals surface area contributed by atoms with E-state index in [1.807, 2.05) is 49.5 Å². The lowest BCUT2D eigenvalue weighted by molar-refractivity contribution is -0.118. The highest BCUT2D eigenvalue weighted by Crippen LogP contribution is 2.20. The number of nitrogens with two attached hydrogens (primary N) is 1. The highest BCUT2D eigenvalue weighted by molar-refractivity contribution is 5.73. The van der Waals surface area contributed by atoms with Gasteiger partial charge in [-0.2, -0.15) is 0 Å². The van der Waals surface area contributed by atoms with E-state index in [1.54, 1.807) is 31.0 Å². The van der Waals surface area contributed by atoms with Gasteiger partial charge in [0.05, 0.1) is 12.2 Å². The fourth-order valence-electron chi connectivity index (χ4n) is 2.79. The zero-order valence-corrected chi connectivity index (χ0v) is 19.8. The van der Waals surface area contributed by atoms with Crippen LogP contribution in [0.25, 0.3) is 5.57 Å². The van der Waals surface area contributed by atoms with E-state index in [0.29, 0.717) is 17.8 Å². The lowest BCUT2D eigenvalue weighted by atomic mass is 10.0. The molecule has 32 heavy (non-hydrogen) atoms. The minimum Gasteiger partial charge on any atom is -0.489 e. The molecule has 1 amide bonds. The fourth-order valence-corrected chi connectivity index (χ4v) is 2.79. The van der Waals surface area contributed by atoms with E-state index in [0.717, 1.165) is 23.1 Å². The Morgan fingerprint density at radius 2 is 1.94 bits per heavy atom. The molecular weight excluding hydrogens is 407 g/mol. The molecule has 174 valence electrons. The van der Waals surface area contributed by atoms with Crippen LogP contribution in [0.1, 0.15) is 31.9 Å². The maximum Gasteiger partial charge on any atom is 0.210 e. The Morgan fingerprint density at radius 1 is 1.31 bits per heavy atom. The monoisotopic (exact) mass is 442 g/mol. The molecule has 0 bridgehead atoms. The van der Waals surface area contributed by atoms with Crippen LogP contribution in [-0.2, 0) is 16.1 Å². The van der Waals surface area contributed by atoms with Crippen LogP contribution in [0, 0.1) is 0 Å². The molecule has 1 aromatic rings. The standard InChI is InChI=1S/C25H35FN4O2/c1-8-22(15-29(6)7)23-12-10-21(11-13-23)14-30(18-31)16-24(28-9-2)19(3)20(4)32-17-25(5,26)27/h8-13,15,18H,1,4,14,16-17,27H2,2-3,5-7H3/b22-15+,24-19-,28-9?. The maximum atomic E-state index is 13.5. The van der Waals surface area contributed by atoms with E-state index in [4.69, 9.17) is 10.5 Å². The van der Waals surface area contributed by atoms with Crippen LogP contribution in [0.5, 0.6) is 0 Å². The van der Waals surface area contributed by atoms with Crippen LogP contribution in [0.3, 0.4) is 0 Å². The summed E-state index contributed by atoms with van der Waals surface area (Å²) in [5, 5.41) is 0. The van der Waals surface area contributed by atoms with Crippen molar-refractivity contribution in [3.05, 3.63) is 77.9 Å². The van der Waals surface area contributed by atoms with Crippen molar-refractivity contribution in [1.82, 2.24) is 9.80 Å². The number of rotatable bonds is 13. The molecule has 1 rings (SSSR count). The van der Waals surface area contributed by atoms with E-state index in [-0.39, 0.29) is 18.9 Å². The van der Waals surface area contributed by atoms with Crippen LogP contribution in [0.2, 0.25) is 0 Å². The lowest BCUT2D eigenvalue weighted by Crippen LogP contribution is -2.35. The average Bonchev–Trinajstić information content (AvgIpc) is 2.74. The van der Waals surface area contributed by atoms with Crippen molar-refractivity contribution < 1.29 is 13.9 Å². The molecule has 0 aliphatic heterocycles. The Hall–Kier alpha value is -3.19. The number of allylic oxidation sites excluding steroid dienone is 3. The first kappa shape index (κ1) is 26.8. The van der Waals surface area contributed by atoms with Gasteiger partial charge in [0.15, 0.2) is 5.79 Å². The SMILES string of the molecule is C=C/C(=C\N(C)C)c1ccc(CN(C=O)C/C(N=CC)=C(\C)C(=C)OCC(C)(N)F)cc1. The third kappa shape index (κ3) is 9.31. The quantitative estimate of drug-likeness (QED) is 0.163. The normalized spacial score (nSPS) is 14.4. The van der Waals surface area contributed by atoms with Crippen molar-refractivity contribution in [2.24, 2.45) is 10.7 Å². The highest BCUT2D eigenvalue weighted by Gasteiger charge is 2.19. The molecule has 1 atom stereocenters. The van der Waals surface area contributed by atoms with E-state index in [9.17, 15) is 9.18 Å². The van der Waals surface area contributed by atoms with Crippen molar-refractivity contribution in [3.63, 3.8) is 0 Å². The zero-order valence-electron chi connectivity index (χ0n) is 19.8. The van der Waals surface area contributed by atoms with E-state index in [1.165, 1.54) is 6.92 Å². The molecule has 0 aromatic heterocycles. The van der Waals surface area contributed by atoms with Crippen LogP contribution >= 0.6 is 0 Å². The van der Waals surface area contributed by atoms with Gasteiger partial charge in [0.2, 0.25) is 6.41 Å². The summed E-state index contributed by atoms with van der Waals surface area (Å²) < 4.78 is 18.9. The van der Waals surface area contributed by atoms with Gasteiger partial charge in [0.25, 0.3) is 0 Å². The minimum atomic E-state index is -1.97. The van der Waals surface area contributed by atoms with Gasteiger partial charge in [0, 0.05) is 38.6 Å². The Kier molecular flexibility index (Phi) is 10.6. The topological polar surface area (TPSA) is 71.2 Å². The van der Waals surface area contributed by atoms with Gasteiger partial charge in [-0.05, 0) is 37.5 Å². The van der Waals surface area contributed by atoms with Gasteiger partial charge >= 0.3 is 0 Å². The summed E-state index contributed by atoms with van der Waals surface area (Å²) in [5.41, 5.74) is 9.56. The van der Waals surface area contributed by atoms with Gasteiger partial charge in [-0.3, -0.25) is 15.5 Å². The molecule has 0 fully saturated rings. The van der Waals surface area contributed by atoms with Gasteiger partial charge in [-0.1, -0.05) is 43.5 Å². The minimum absolute atomic E-state index is 0.248. The molecule has 0 saturated heterocycles. The van der Waals surface area contributed by atoms with Crippen molar-refractivity contribution >= 4 is 18.2 Å². The second-order valence-electron chi connectivity index (χ2n) is 7.91. The number of benzene rings is 1. The summed E-state index contributed by atoms with van der Waals surface area (Å²) in [7, 11) is 3.91. The number of alkyl halides is 1. The Balaban J connectivity index is 2.99. The predicted molar refractivity (Wildman–Crippen MR) is 130 cm³/mol. The van der Waals surface area contributed by atoms with E-state index in [2.05, 4.69) is 18.2 Å². The van der Waals surface area contributed by atoms with Crippen LogP contribution in [0.15, 0.2) is 71.7 Å². The van der Waals surface area contributed by atoms with E-state index >= 15 is 0 Å². The lowest BCUT2D eigenvalue weighted by Gasteiger charge is -2.21. The van der Waals surface area contributed by atoms with Crippen molar-refractivity contribution in [3.8, 4) is 0 Å². The Bertz CT molecular complexity index is 878. The molecule has 1 aromatic carbocycles. The van der Waals surface area contributed by atoms with Crippen molar-refractivity contribution in [2.45, 2.75) is 33.1 Å². The van der Waals surface area contributed by atoms with Crippen molar-refractivity contribution in [1.29, 1.82) is 0 Å². The molecule has 0 aliphatic rings. The van der Waals surface area contributed by atoms with E-state index < -0.39 is 5.79 Å². The largest absolute Gasteiger partial charge is 0.489 e. The summed E-state index contributed by atoms with van der Waals surface area (Å²) in [5.74, 6) is -1.70. The Labute approximate surface area is 191 Å². The second kappa shape index (κ2) is 12.6. The molecule has 0 heterocycles. The molecule has 0 aliphatic carbocycles. The zero-order chi connectivity index (χ0) is 24.3. The second-order valence-corrected chi connectivity index (χ2v) is 7.91. The van der Waals surface area contributed by atoms with Gasteiger partial charge in [-0.15, -0.1) is 0 Å². The number of hydrogen-bond donors (Lipinski definition) is 1. The predicted octanol–water partition coefficient (Wildman–Crippen LogP) is 4.27. The summed E-state index contributed by atoms with van der Waals surface area (Å²) in [6, 6.07) is 7.95. The number of halogens is 1. The molecule has 1 unspecified atom stereocenters. The summed E-state index contributed by atoms with van der Waals surface area (Å²) in [4.78, 5) is 19.7. The van der Waals surface area contributed by atoms with Crippen LogP contribution in [0.4, 0.5) is 4.39 Å². The van der Waals surface area contributed by atoms with Gasteiger partial charge in [0.1, 0.15) is 12.4 Å². The number of carbonyl (C=O) groups is 1. The first-order chi connectivity index (χ1) is 15.0. The van der Waals surface area contributed by atoms with Crippen LogP contribution in [-0.4, -0.2) is 55.5 Å². The molecule has 6 nitrogen and oxygen atoms in total. The number of hydrogen-bond acceptors (Lipinski definition) is 5. The van der Waals surface area contributed by atoms with Gasteiger partial charge in [-0.25, -0.2) is 4.39 Å². The third-order valence-electron chi connectivity index (χ3n) is 4.46. The van der Waals surface area contributed by atoms with Gasteiger partial charge < -0.3 is 14.5 Å². The summed E-state index contributed by atoms with van der Waals surface area (Å²) >= 11 is 0. The van der Waals surface area contributed by atoms with Crippen molar-refractivity contribution in [2.75, 3.05) is 27.2 Å². The smallest absolute Gasteiger partial charge is 0.210 e. The number of carbonyl (C=O) groups excluding carboxylic acids is 1. The first-order valence-corrected chi connectivity index (χ1v) is 10.3. The Morgan fingerprint density at radius 3 is 2.41 bits per heavy atom. The average molecular weight is 443 g/mol. The number of nitrogens with zero attached hydrogens (tertiary/aromatic N) is 3. The molecule has 0 saturated carbocycles. The number of aliphatic imine (C=N–C) groups is 1. The molecule has 0 radical (unpaired) electrons. The number of ether oxygens (including phenoxy) is 1. The summed E-state index contributed by atoms with van der Waals surface area (Å²) in [6.07, 6.45) is 6.20.